The smallest absolute Gasteiger partial charge is 0.338 e. The summed E-state index contributed by atoms with van der Waals surface area (Å²) in [6.45, 7) is 7.12. The van der Waals surface area contributed by atoms with E-state index in [9.17, 15) is 13.6 Å². The standard InChI is InChI=1S/C24H24ClF3N4O3Si/c1-34-24(33)14-5-6-32-19(9-14)29-21(22(32)25)20-16(10-15(26)11-18(20)27)17-12-31(30-23(17)28)13-35-7-8-36(2,3)4/h5-6,9-12H,7-8,13H2,1-4H3. The van der Waals surface area contributed by atoms with Crippen LogP contribution in [-0.2, 0) is 16.2 Å². The molecule has 1 aromatic carbocycles. The highest BCUT2D eigenvalue weighted by atomic mass is 35.5. The van der Waals surface area contributed by atoms with Gasteiger partial charge < -0.3 is 9.47 Å². The Morgan fingerprint density at radius 1 is 1.14 bits per heavy atom. The van der Waals surface area contributed by atoms with Crippen molar-refractivity contribution in [2.24, 2.45) is 0 Å². The lowest BCUT2D eigenvalue weighted by atomic mass is 9.99. The molecule has 7 nitrogen and oxygen atoms in total. The molecule has 190 valence electrons. The zero-order chi connectivity index (χ0) is 26.2. The molecule has 3 heterocycles. The van der Waals surface area contributed by atoms with Crippen molar-refractivity contribution in [2.75, 3.05) is 13.7 Å². The van der Waals surface area contributed by atoms with Crippen LogP contribution in [0.3, 0.4) is 0 Å². The van der Waals surface area contributed by atoms with Crippen molar-refractivity contribution in [3.05, 3.63) is 65.0 Å². The molecule has 0 radical (unpaired) electrons. The van der Waals surface area contributed by atoms with Gasteiger partial charge in [0.25, 0.3) is 0 Å². The molecule has 0 bridgehead atoms. The normalized spacial score (nSPS) is 11.9. The van der Waals surface area contributed by atoms with E-state index in [1.165, 1.54) is 40.7 Å². The second-order valence-corrected chi connectivity index (χ2v) is 15.4. The molecule has 0 saturated carbocycles. The van der Waals surface area contributed by atoms with Crippen LogP contribution in [0, 0.1) is 17.6 Å². The maximum atomic E-state index is 15.2. The van der Waals surface area contributed by atoms with Gasteiger partial charge in [0, 0.05) is 44.3 Å². The zero-order valence-electron chi connectivity index (χ0n) is 20.1. The lowest BCUT2D eigenvalue weighted by molar-refractivity contribution is 0.0600. The van der Waals surface area contributed by atoms with Crippen LogP contribution < -0.4 is 0 Å². The van der Waals surface area contributed by atoms with Crippen LogP contribution in [0.4, 0.5) is 13.2 Å². The molecule has 4 rings (SSSR count). The maximum absolute atomic E-state index is 15.2. The van der Waals surface area contributed by atoms with Crippen LogP contribution in [0.2, 0.25) is 30.8 Å². The number of benzene rings is 1. The predicted molar refractivity (Wildman–Crippen MR) is 132 cm³/mol. The fourth-order valence-corrected chi connectivity index (χ4v) is 4.66. The van der Waals surface area contributed by atoms with Gasteiger partial charge in [-0.2, -0.15) is 4.39 Å². The molecular weight excluding hydrogens is 513 g/mol. The summed E-state index contributed by atoms with van der Waals surface area (Å²) in [5.41, 5.74) is -0.0797. The molecule has 0 unspecified atom stereocenters. The third-order valence-electron chi connectivity index (χ3n) is 5.51. The Labute approximate surface area is 211 Å². The first-order chi connectivity index (χ1) is 17.0. The summed E-state index contributed by atoms with van der Waals surface area (Å²) in [7, 11) is -0.0636. The van der Waals surface area contributed by atoms with E-state index in [1.807, 2.05) is 0 Å². The minimum atomic E-state index is -1.30. The number of halogens is 4. The van der Waals surface area contributed by atoms with Crippen molar-refractivity contribution in [3.8, 4) is 22.4 Å². The van der Waals surface area contributed by atoms with Crippen LogP contribution in [0.15, 0.2) is 36.7 Å². The van der Waals surface area contributed by atoms with Gasteiger partial charge in [-0.3, -0.25) is 4.40 Å². The number of esters is 1. The summed E-state index contributed by atoms with van der Waals surface area (Å²) in [6.07, 6.45) is 2.79. The highest BCUT2D eigenvalue weighted by molar-refractivity contribution is 6.76. The summed E-state index contributed by atoms with van der Waals surface area (Å²) in [4.78, 5) is 16.2. The zero-order valence-corrected chi connectivity index (χ0v) is 21.9. The summed E-state index contributed by atoms with van der Waals surface area (Å²) in [5.74, 6) is -3.41. The van der Waals surface area contributed by atoms with Crippen molar-refractivity contribution >= 4 is 31.3 Å². The van der Waals surface area contributed by atoms with Crippen LogP contribution in [-0.4, -0.2) is 46.9 Å². The molecular formula is C24H24ClF3N4O3Si. The maximum Gasteiger partial charge on any atom is 0.338 e. The van der Waals surface area contributed by atoms with Crippen LogP contribution in [0.25, 0.3) is 28.0 Å². The van der Waals surface area contributed by atoms with Gasteiger partial charge in [-0.1, -0.05) is 31.2 Å². The van der Waals surface area contributed by atoms with Gasteiger partial charge in [-0.05, 0) is 24.2 Å². The van der Waals surface area contributed by atoms with Crippen LogP contribution >= 0.6 is 11.6 Å². The minimum absolute atomic E-state index is 0.00402. The molecule has 0 saturated heterocycles. The predicted octanol–water partition coefficient (Wildman–Crippen LogP) is 6.03. The summed E-state index contributed by atoms with van der Waals surface area (Å²) >= 11 is 6.49. The second-order valence-electron chi connectivity index (χ2n) is 9.42. The van der Waals surface area contributed by atoms with Crippen molar-refractivity contribution in [1.29, 1.82) is 0 Å². The number of nitrogens with zero attached hydrogens (tertiary/aromatic N) is 4. The average molecular weight is 537 g/mol. The molecule has 0 aliphatic rings. The number of fused-ring (bicyclic) bond motifs is 1. The van der Waals surface area contributed by atoms with E-state index in [4.69, 9.17) is 21.1 Å². The number of carbonyl (C=O) groups is 1. The monoisotopic (exact) mass is 536 g/mol. The SMILES string of the molecule is COC(=O)c1ccn2c(Cl)c(-c3c(F)cc(F)cc3-c3cn(COCC[Si](C)(C)C)nc3F)nc2c1. The Bertz CT molecular complexity index is 1450. The Balaban J connectivity index is 1.75. The van der Waals surface area contributed by atoms with E-state index < -0.39 is 31.6 Å². The number of hydrogen-bond donors (Lipinski definition) is 0. The van der Waals surface area contributed by atoms with Crippen molar-refractivity contribution < 1.29 is 27.4 Å². The second kappa shape index (κ2) is 10.1. The van der Waals surface area contributed by atoms with Crippen LogP contribution in [0.1, 0.15) is 10.4 Å². The van der Waals surface area contributed by atoms with Gasteiger partial charge >= 0.3 is 5.97 Å². The Hall–Kier alpha value is -3.15. The van der Waals surface area contributed by atoms with Crippen LogP contribution in [0.5, 0.6) is 0 Å². The van der Waals surface area contributed by atoms with Gasteiger partial charge in [0.1, 0.15) is 34.9 Å². The molecule has 0 spiro atoms. The molecule has 36 heavy (non-hydrogen) atoms. The molecule has 4 aromatic rings. The first-order valence-corrected chi connectivity index (χ1v) is 15.1. The molecule has 3 aromatic heterocycles. The van der Waals surface area contributed by atoms with Crippen molar-refractivity contribution in [1.82, 2.24) is 19.2 Å². The fourth-order valence-electron chi connectivity index (χ4n) is 3.63. The molecule has 0 fully saturated rings. The quantitative estimate of drug-likeness (QED) is 0.156. The third-order valence-corrected chi connectivity index (χ3v) is 7.57. The Morgan fingerprint density at radius 3 is 2.58 bits per heavy atom. The molecule has 0 amide bonds. The number of hydrogen-bond acceptors (Lipinski definition) is 5. The summed E-state index contributed by atoms with van der Waals surface area (Å²) < 4.78 is 57.3. The van der Waals surface area contributed by atoms with E-state index in [2.05, 4.69) is 29.7 Å². The van der Waals surface area contributed by atoms with Crippen molar-refractivity contribution in [2.45, 2.75) is 32.4 Å². The van der Waals surface area contributed by atoms with Crippen molar-refractivity contribution in [3.63, 3.8) is 0 Å². The van der Waals surface area contributed by atoms with Gasteiger partial charge in [-0.15, -0.1) is 5.10 Å². The Morgan fingerprint density at radius 2 is 1.89 bits per heavy atom. The van der Waals surface area contributed by atoms with E-state index in [0.29, 0.717) is 12.7 Å². The number of rotatable bonds is 8. The van der Waals surface area contributed by atoms with Gasteiger partial charge in [0.15, 0.2) is 0 Å². The van der Waals surface area contributed by atoms with E-state index in [-0.39, 0.29) is 45.5 Å². The highest BCUT2D eigenvalue weighted by Crippen LogP contribution is 2.39. The highest BCUT2D eigenvalue weighted by Gasteiger charge is 2.25. The van der Waals surface area contributed by atoms with E-state index in [0.717, 1.165) is 12.1 Å². The number of imidazole rings is 1. The minimum Gasteiger partial charge on any atom is -0.465 e. The summed E-state index contributed by atoms with van der Waals surface area (Å²) in [6, 6.07) is 5.46. The van der Waals surface area contributed by atoms with Gasteiger partial charge in [-0.25, -0.2) is 23.2 Å². The number of ether oxygens (including phenoxy) is 2. The third kappa shape index (κ3) is 5.32. The lowest BCUT2D eigenvalue weighted by Crippen LogP contribution is -2.22. The van der Waals surface area contributed by atoms with E-state index >= 15 is 4.39 Å². The van der Waals surface area contributed by atoms with Gasteiger partial charge in [0.2, 0.25) is 5.95 Å². The molecule has 0 aliphatic heterocycles. The number of aromatic nitrogens is 4. The van der Waals surface area contributed by atoms with Gasteiger partial charge in [0.05, 0.1) is 18.2 Å². The average Bonchev–Trinajstić information content (AvgIpc) is 3.34. The summed E-state index contributed by atoms with van der Waals surface area (Å²) in [5, 5.41) is 3.80. The fraction of sp³-hybridized carbons (Fsp3) is 0.292. The molecule has 0 aliphatic carbocycles. The van der Waals surface area contributed by atoms with E-state index in [1.54, 1.807) is 0 Å². The molecule has 0 N–H and O–H groups in total. The number of pyridine rings is 1. The molecule has 0 atom stereocenters. The number of methoxy groups -OCH3 is 1. The largest absolute Gasteiger partial charge is 0.465 e. The topological polar surface area (TPSA) is 70.7 Å². The lowest BCUT2D eigenvalue weighted by Gasteiger charge is -2.15. The Kier molecular flexibility index (Phi) is 7.25. The molecule has 12 heteroatoms. The number of carbonyl (C=O) groups excluding carboxylic acids is 1. The first-order valence-electron chi connectivity index (χ1n) is 11.0. The first kappa shape index (κ1) is 25.9.